The Morgan fingerprint density at radius 3 is 2.23 bits per heavy atom. The van der Waals surface area contributed by atoms with Gasteiger partial charge >= 0.3 is 0 Å². The summed E-state index contributed by atoms with van der Waals surface area (Å²) < 4.78 is 13.8. The molecule has 0 aliphatic rings. The SMILES string of the molecule is Cc1ccccc1Nc1nc(Nc2ccc(F)c(C(N)=O)c2)nc(NC(C)(C)C)n1. The first-order valence-corrected chi connectivity index (χ1v) is 9.34. The van der Waals surface area contributed by atoms with Gasteiger partial charge in [0.25, 0.3) is 5.91 Å². The maximum absolute atomic E-state index is 13.8. The number of hydrogen-bond donors (Lipinski definition) is 4. The maximum Gasteiger partial charge on any atom is 0.251 e. The summed E-state index contributed by atoms with van der Waals surface area (Å²) in [6.45, 7) is 7.92. The van der Waals surface area contributed by atoms with Crippen molar-refractivity contribution in [1.82, 2.24) is 15.0 Å². The van der Waals surface area contributed by atoms with Crippen LogP contribution in [0.15, 0.2) is 42.5 Å². The number of amides is 1. The predicted octanol–water partition coefficient (Wildman–Crippen LogP) is 4.12. The number of carbonyl (C=O) groups excluding carboxylic acids is 1. The number of aryl methyl sites for hydroxylation is 1. The van der Waals surface area contributed by atoms with Crippen LogP contribution in [0.25, 0.3) is 0 Å². The first kappa shape index (κ1) is 21.0. The van der Waals surface area contributed by atoms with Crippen LogP contribution in [-0.4, -0.2) is 26.4 Å². The topological polar surface area (TPSA) is 118 Å². The maximum atomic E-state index is 13.8. The summed E-state index contributed by atoms with van der Waals surface area (Å²) in [5, 5.41) is 9.37. The number of benzene rings is 2. The summed E-state index contributed by atoms with van der Waals surface area (Å²) >= 11 is 0. The van der Waals surface area contributed by atoms with E-state index < -0.39 is 11.7 Å². The van der Waals surface area contributed by atoms with E-state index in [9.17, 15) is 9.18 Å². The Morgan fingerprint density at radius 1 is 0.967 bits per heavy atom. The van der Waals surface area contributed by atoms with Gasteiger partial charge in [0.05, 0.1) is 5.56 Å². The van der Waals surface area contributed by atoms with Crippen LogP contribution in [0.3, 0.4) is 0 Å². The van der Waals surface area contributed by atoms with Crippen molar-refractivity contribution in [2.45, 2.75) is 33.2 Å². The number of nitrogens with two attached hydrogens (primary N) is 1. The fourth-order valence-corrected chi connectivity index (χ4v) is 2.63. The molecular weight excluding hydrogens is 385 g/mol. The normalized spacial score (nSPS) is 11.1. The highest BCUT2D eigenvalue weighted by atomic mass is 19.1. The lowest BCUT2D eigenvalue weighted by molar-refractivity contribution is 0.0996. The molecule has 0 fully saturated rings. The van der Waals surface area contributed by atoms with Gasteiger partial charge in [-0.15, -0.1) is 0 Å². The van der Waals surface area contributed by atoms with Gasteiger partial charge in [-0.05, 0) is 57.5 Å². The summed E-state index contributed by atoms with van der Waals surface area (Å²) in [6, 6.07) is 11.7. The van der Waals surface area contributed by atoms with E-state index in [0.29, 0.717) is 17.6 Å². The molecule has 156 valence electrons. The number of anilines is 5. The van der Waals surface area contributed by atoms with Gasteiger partial charge < -0.3 is 21.7 Å². The molecule has 1 aromatic heterocycles. The van der Waals surface area contributed by atoms with Crippen LogP contribution in [0.2, 0.25) is 0 Å². The third-order valence-corrected chi connectivity index (χ3v) is 4.00. The third kappa shape index (κ3) is 5.40. The number of halogens is 1. The summed E-state index contributed by atoms with van der Waals surface area (Å²) in [7, 11) is 0. The average Bonchev–Trinajstić information content (AvgIpc) is 2.63. The van der Waals surface area contributed by atoms with Crippen molar-refractivity contribution in [2.75, 3.05) is 16.0 Å². The number of hydrogen-bond acceptors (Lipinski definition) is 7. The number of primary amides is 1. The Morgan fingerprint density at radius 2 is 1.60 bits per heavy atom. The molecule has 30 heavy (non-hydrogen) atoms. The van der Waals surface area contributed by atoms with E-state index in [1.165, 1.54) is 12.1 Å². The number of nitrogens with one attached hydrogen (secondary N) is 3. The molecule has 2 aromatic carbocycles. The van der Waals surface area contributed by atoms with Crippen molar-refractivity contribution in [3.8, 4) is 0 Å². The fourth-order valence-electron chi connectivity index (χ4n) is 2.63. The molecule has 3 aromatic rings. The summed E-state index contributed by atoms with van der Waals surface area (Å²) in [4.78, 5) is 24.6. The minimum Gasteiger partial charge on any atom is -0.366 e. The van der Waals surface area contributed by atoms with Crippen molar-refractivity contribution in [3.63, 3.8) is 0 Å². The van der Waals surface area contributed by atoms with Gasteiger partial charge in [-0.2, -0.15) is 15.0 Å². The van der Waals surface area contributed by atoms with E-state index in [1.807, 2.05) is 52.0 Å². The quantitative estimate of drug-likeness (QED) is 0.484. The van der Waals surface area contributed by atoms with Gasteiger partial charge in [0.1, 0.15) is 5.82 Å². The van der Waals surface area contributed by atoms with Crippen molar-refractivity contribution in [1.29, 1.82) is 0 Å². The molecule has 0 atom stereocenters. The van der Waals surface area contributed by atoms with Gasteiger partial charge in [-0.3, -0.25) is 4.79 Å². The Bertz CT molecular complexity index is 1080. The molecule has 9 heteroatoms. The van der Waals surface area contributed by atoms with E-state index >= 15 is 0 Å². The molecule has 1 heterocycles. The van der Waals surface area contributed by atoms with Crippen LogP contribution in [0, 0.1) is 12.7 Å². The van der Waals surface area contributed by atoms with Gasteiger partial charge in [0.2, 0.25) is 17.8 Å². The van der Waals surface area contributed by atoms with Crippen LogP contribution in [0.5, 0.6) is 0 Å². The third-order valence-electron chi connectivity index (χ3n) is 4.00. The number of para-hydroxylation sites is 1. The van der Waals surface area contributed by atoms with Crippen LogP contribution < -0.4 is 21.7 Å². The first-order valence-electron chi connectivity index (χ1n) is 9.34. The van der Waals surface area contributed by atoms with Crippen LogP contribution in [-0.2, 0) is 0 Å². The Labute approximate surface area is 174 Å². The molecule has 1 amide bonds. The van der Waals surface area contributed by atoms with E-state index in [1.54, 1.807) is 0 Å². The Kier molecular flexibility index (Phi) is 5.81. The lowest BCUT2D eigenvalue weighted by Gasteiger charge is -2.21. The van der Waals surface area contributed by atoms with Crippen LogP contribution in [0.1, 0.15) is 36.7 Å². The minimum absolute atomic E-state index is 0.217. The second kappa shape index (κ2) is 8.32. The average molecular weight is 409 g/mol. The zero-order chi connectivity index (χ0) is 21.9. The fraction of sp³-hybridized carbons (Fsp3) is 0.238. The van der Waals surface area contributed by atoms with E-state index in [0.717, 1.165) is 17.3 Å². The van der Waals surface area contributed by atoms with Gasteiger partial charge in [-0.25, -0.2) is 4.39 Å². The van der Waals surface area contributed by atoms with Crippen molar-refractivity contribution in [3.05, 3.63) is 59.4 Å². The van der Waals surface area contributed by atoms with Crippen molar-refractivity contribution >= 4 is 35.1 Å². The highest BCUT2D eigenvalue weighted by Gasteiger charge is 2.15. The highest BCUT2D eigenvalue weighted by Crippen LogP contribution is 2.23. The highest BCUT2D eigenvalue weighted by molar-refractivity contribution is 5.94. The summed E-state index contributed by atoms with van der Waals surface area (Å²) in [6.07, 6.45) is 0. The Balaban J connectivity index is 1.97. The predicted molar refractivity (Wildman–Crippen MR) is 116 cm³/mol. The van der Waals surface area contributed by atoms with Crippen molar-refractivity contribution < 1.29 is 9.18 Å². The number of carbonyl (C=O) groups is 1. The van der Waals surface area contributed by atoms with Gasteiger partial charge in [0, 0.05) is 16.9 Å². The molecule has 0 aliphatic heterocycles. The molecule has 0 bridgehead atoms. The monoisotopic (exact) mass is 409 g/mol. The van der Waals surface area contributed by atoms with Crippen LogP contribution >= 0.6 is 0 Å². The molecule has 8 nitrogen and oxygen atoms in total. The second-order valence-corrected chi connectivity index (χ2v) is 7.81. The Hall–Kier alpha value is -3.75. The van der Waals surface area contributed by atoms with Gasteiger partial charge in [-0.1, -0.05) is 18.2 Å². The molecule has 3 rings (SSSR count). The lowest BCUT2D eigenvalue weighted by atomic mass is 10.1. The summed E-state index contributed by atoms with van der Waals surface area (Å²) in [5.41, 5.74) is 7.02. The lowest BCUT2D eigenvalue weighted by Crippen LogP contribution is -2.27. The van der Waals surface area contributed by atoms with E-state index in [-0.39, 0.29) is 17.1 Å². The zero-order valence-corrected chi connectivity index (χ0v) is 17.2. The molecule has 0 spiro atoms. The molecule has 0 saturated carbocycles. The van der Waals surface area contributed by atoms with E-state index in [2.05, 4.69) is 30.9 Å². The standard InChI is InChI=1S/C21H24FN7O/c1-12-7-5-6-8-16(12)25-19-26-18(27-20(28-19)29-21(2,3)4)24-13-9-10-15(22)14(11-13)17(23)30/h5-11H,1-4H3,(H2,23,30)(H3,24,25,26,27,28,29). The number of aromatic nitrogens is 3. The molecular formula is C21H24FN7O. The van der Waals surface area contributed by atoms with E-state index in [4.69, 9.17) is 5.73 Å². The second-order valence-electron chi connectivity index (χ2n) is 7.81. The number of nitrogens with zero attached hydrogens (tertiary/aromatic N) is 3. The molecule has 0 unspecified atom stereocenters. The molecule has 0 saturated heterocycles. The minimum atomic E-state index is -0.858. The molecule has 0 aliphatic carbocycles. The molecule has 0 radical (unpaired) electrons. The largest absolute Gasteiger partial charge is 0.366 e. The van der Waals surface area contributed by atoms with Gasteiger partial charge in [0.15, 0.2) is 0 Å². The van der Waals surface area contributed by atoms with Crippen molar-refractivity contribution in [2.24, 2.45) is 5.73 Å². The number of rotatable bonds is 6. The molecule has 5 N–H and O–H groups in total. The zero-order valence-electron chi connectivity index (χ0n) is 17.2. The summed E-state index contributed by atoms with van der Waals surface area (Å²) in [5.74, 6) is -0.654. The smallest absolute Gasteiger partial charge is 0.251 e. The van der Waals surface area contributed by atoms with Crippen LogP contribution in [0.4, 0.5) is 33.6 Å². The first-order chi connectivity index (χ1) is 14.1.